The van der Waals surface area contributed by atoms with Crippen LogP contribution < -0.4 is 5.32 Å². The highest BCUT2D eigenvalue weighted by molar-refractivity contribution is 14.1. The first-order valence-electron chi connectivity index (χ1n) is 6.82. The third-order valence-electron chi connectivity index (χ3n) is 3.41. The van der Waals surface area contributed by atoms with E-state index >= 15 is 0 Å². The van der Waals surface area contributed by atoms with Gasteiger partial charge in [-0.2, -0.15) is 5.10 Å². The predicted molar refractivity (Wildman–Crippen MR) is 91.9 cm³/mol. The van der Waals surface area contributed by atoms with Crippen molar-refractivity contribution in [3.8, 4) is 0 Å². The smallest absolute Gasteiger partial charge is 0.124 e. The van der Waals surface area contributed by atoms with Gasteiger partial charge >= 0.3 is 0 Å². The lowest BCUT2D eigenvalue weighted by Crippen LogP contribution is -2.03. The zero-order valence-electron chi connectivity index (χ0n) is 11.6. The van der Waals surface area contributed by atoms with Crippen LogP contribution in [-0.2, 0) is 13.1 Å². The van der Waals surface area contributed by atoms with Gasteiger partial charge in [0.1, 0.15) is 5.82 Å². The van der Waals surface area contributed by atoms with Crippen LogP contribution in [0.4, 0.5) is 10.1 Å². The Morgan fingerprint density at radius 2 is 2.05 bits per heavy atom. The molecule has 108 valence electrons. The number of benzene rings is 2. The highest BCUT2D eigenvalue weighted by Crippen LogP contribution is 2.22. The average Bonchev–Trinajstić information content (AvgIpc) is 2.85. The van der Waals surface area contributed by atoms with Crippen LogP contribution in [0.1, 0.15) is 12.6 Å². The number of nitrogens with one attached hydrogen (secondary N) is 1. The van der Waals surface area contributed by atoms with Crippen molar-refractivity contribution in [2.75, 3.05) is 5.32 Å². The number of para-hydroxylation sites is 1. The molecule has 1 aromatic heterocycles. The number of hydrogen-bond acceptors (Lipinski definition) is 2. The second kappa shape index (κ2) is 6.01. The number of anilines is 1. The zero-order valence-corrected chi connectivity index (χ0v) is 13.8. The van der Waals surface area contributed by atoms with Gasteiger partial charge in [0.25, 0.3) is 0 Å². The Morgan fingerprint density at radius 1 is 1.24 bits per heavy atom. The van der Waals surface area contributed by atoms with Crippen LogP contribution in [0.25, 0.3) is 10.9 Å². The quantitative estimate of drug-likeness (QED) is 0.664. The second-order valence-electron chi connectivity index (χ2n) is 4.76. The summed E-state index contributed by atoms with van der Waals surface area (Å²) in [5.74, 6) is -0.217. The molecule has 0 aliphatic heterocycles. The molecule has 0 spiro atoms. The second-order valence-corrected chi connectivity index (χ2v) is 5.92. The molecule has 1 N–H and O–H groups in total. The molecule has 3 rings (SSSR count). The Labute approximate surface area is 136 Å². The van der Waals surface area contributed by atoms with Crippen LogP contribution >= 0.6 is 22.6 Å². The Kier molecular flexibility index (Phi) is 4.10. The summed E-state index contributed by atoms with van der Waals surface area (Å²) < 4.78 is 16.0. The minimum atomic E-state index is -0.217. The molecule has 0 aliphatic rings. The van der Waals surface area contributed by atoms with E-state index in [0.717, 1.165) is 32.4 Å². The predicted octanol–water partition coefficient (Wildman–Crippen LogP) is 4.41. The van der Waals surface area contributed by atoms with Gasteiger partial charge in [-0.3, -0.25) is 4.68 Å². The van der Waals surface area contributed by atoms with Gasteiger partial charge in [0.2, 0.25) is 0 Å². The van der Waals surface area contributed by atoms with Crippen molar-refractivity contribution in [1.29, 1.82) is 0 Å². The first kappa shape index (κ1) is 14.3. The molecule has 0 bridgehead atoms. The fourth-order valence-corrected chi connectivity index (χ4v) is 3.05. The molecule has 2 aromatic carbocycles. The van der Waals surface area contributed by atoms with Crippen LogP contribution in [-0.4, -0.2) is 9.78 Å². The normalized spacial score (nSPS) is 11.0. The fourth-order valence-electron chi connectivity index (χ4n) is 2.38. The number of hydrogen-bond donors (Lipinski definition) is 1. The van der Waals surface area contributed by atoms with Crippen molar-refractivity contribution < 1.29 is 4.39 Å². The van der Waals surface area contributed by atoms with Crippen molar-refractivity contribution in [3.05, 3.63) is 57.5 Å². The molecule has 0 unspecified atom stereocenters. The number of aryl methyl sites for hydroxylation is 1. The Bertz CT molecular complexity index is 782. The van der Waals surface area contributed by atoms with E-state index in [0.29, 0.717) is 6.54 Å². The summed E-state index contributed by atoms with van der Waals surface area (Å²) in [6.07, 6.45) is 0. The molecule has 21 heavy (non-hydrogen) atoms. The van der Waals surface area contributed by atoms with Crippen molar-refractivity contribution in [1.82, 2.24) is 9.78 Å². The Balaban J connectivity index is 1.88. The number of aromatic nitrogens is 2. The molecule has 0 atom stereocenters. The molecular formula is C16H15FIN3. The molecule has 0 saturated carbocycles. The molecule has 0 aliphatic carbocycles. The number of rotatable bonds is 4. The van der Waals surface area contributed by atoms with Crippen LogP contribution in [0.15, 0.2) is 42.5 Å². The highest BCUT2D eigenvalue weighted by Gasteiger charge is 2.09. The molecule has 5 heteroatoms. The maximum absolute atomic E-state index is 13.1. The van der Waals surface area contributed by atoms with Crippen LogP contribution in [0.5, 0.6) is 0 Å². The average molecular weight is 395 g/mol. The minimum Gasteiger partial charge on any atom is -0.378 e. The van der Waals surface area contributed by atoms with E-state index in [1.807, 2.05) is 16.8 Å². The maximum atomic E-state index is 13.1. The van der Waals surface area contributed by atoms with E-state index in [9.17, 15) is 4.39 Å². The lowest BCUT2D eigenvalue weighted by Gasteiger charge is -2.07. The summed E-state index contributed by atoms with van der Waals surface area (Å²) in [6.45, 7) is 3.54. The van der Waals surface area contributed by atoms with Gasteiger partial charge in [-0.05, 0) is 53.8 Å². The van der Waals surface area contributed by atoms with Gasteiger partial charge in [0.05, 0.1) is 17.8 Å². The lowest BCUT2D eigenvalue weighted by atomic mass is 10.2. The van der Waals surface area contributed by atoms with Crippen molar-refractivity contribution in [3.63, 3.8) is 0 Å². The standard InChI is InChI=1S/C16H15FIN3/c1-2-21-16-6-4-3-5-12(16)15(20-21)10-19-14-8-7-11(17)9-13(14)18/h3-9,19H,2,10H2,1H3. The van der Waals surface area contributed by atoms with E-state index in [2.05, 4.69) is 52.1 Å². The van der Waals surface area contributed by atoms with Gasteiger partial charge in [-0.15, -0.1) is 0 Å². The van der Waals surface area contributed by atoms with Gasteiger partial charge in [-0.1, -0.05) is 18.2 Å². The topological polar surface area (TPSA) is 29.9 Å². The fraction of sp³-hybridized carbons (Fsp3) is 0.188. The van der Waals surface area contributed by atoms with E-state index in [1.54, 1.807) is 6.07 Å². The molecule has 0 amide bonds. The third kappa shape index (κ3) is 2.88. The van der Waals surface area contributed by atoms with E-state index < -0.39 is 0 Å². The lowest BCUT2D eigenvalue weighted by molar-refractivity contribution is 0.627. The van der Waals surface area contributed by atoms with Crippen LogP contribution in [0.3, 0.4) is 0 Å². The maximum Gasteiger partial charge on any atom is 0.124 e. The number of halogens is 2. The van der Waals surface area contributed by atoms with Gasteiger partial charge in [0, 0.05) is 21.2 Å². The van der Waals surface area contributed by atoms with Gasteiger partial charge in [0.15, 0.2) is 0 Å². The summed E-state index contributed by atoms with van der Waals surface area (Å²) in [4.78, 5) is 0. The van der Waals surface area contributed by atoms with Gasteiger partial charge < -0.3 is 5.32 Å². The SMILES string of the molecule is CCn1nc(CNc2ccc(F)cc2I)c2ccccc21. The number of fused-ring (bicyclic) bond motifs is 1. The highest BCUT2D eigenvalue weighted by atomic mass is 127. The third-order valence-corrected chi connectivity index (χ3v) is 4.30. The van der Waals surface area contributed by atoms with Gasteiger partial charge in [-0.25, -0.2) is 4.39 Å². The molecule has 1 heterocycles. The number of nitrogens with zero attached hydrogens (tertiary/aromatic N) is 2. The van der Waals surface area contributed by atoms with E-state index in [1.165, 1.54) is 12.1 Å². The minimum absolute atomic E-state index is 0.217. The Morgan fingerprint density at radius 3 is 2.81 bits per heavy atom. The summed E-state index contributed by atoms with van der Waals surface area (Å²) in [5.41, 5.74) is 3.07. The molecule has 3 aromatic rings. The summed E-state index contributed by atoms with van der Waals surface area (Å²) >= 11 is 2.13. The molecule has 0 fully saturated rings. The first-order valence-corrected chi connectivity index (χ1v) is 7.90. The molecular weight excluding hydrogens is 380 g/mol. The zero-order chi connectivity index (χ0) is 14.8. The summed E-state index contributed by atoms with van der Waals surface area (Å²) in [5, 5.41) is 9.14. The summed E-state index contributed by atoms with van der Waals surface area (Å²) in [7, 11) is 0. The molecule has 3 nitrogen and oxygen atoms in total. The Hall–Kier alpha value is -1.63. The van der Waals surface area contributed by atoms with E-state index in [4.69, 9.17) is 0 Å². The molecule has 0 radical (unpaired) electrons. The van der Waals surface area contributed by atoms with Crippen molar-refractivity contribution in [2.45, 2.75) is 20.0 Å². The molecule has 0 saturated heterocycles. The largest absolute Gasteiger partial charge is 0.378 e. The first-order chi connectivity index (χ1) is 10.2. The van der Waals surface area contributed by atoms with E-state index in [-0.39, 0.29) is 5.82 Å². The van der Waals surface area contributed by atoms with Crippen LogP contribution in [0, 0.1) is 9.39 Å². The monoisotopic (exact) mass is 395 g/mol. The van der Waals surface area contributed by atoms with Crippen LogP contribution in [0.2, 0.25) is 0 Å². The summed E-state index contributed by atoms with van der Waals surface area (Å²) in [6, 6.07) is 13.0. The van der Waals surface area contributed by atoms with Crippen molar-refractivity contribution in [2.24, 2.45) is 0 Å². The van der Waals surface area contributed by atoms with Crippen molar-refractivity contribution >= 4 is 39.2 Å².